The highest BCUT2D eigenvalue weighted by Crippen LogP contribution is 2.53. The number of rotatable bonds is 16. The molecule has 79 heavy (non-hydrogen) atoms. The predicted molar refractivity (Wildman–Crippen MR) is 295 cm³/mol. The Bertz CT molecular complexity index is 3080. The molecule has 0 aliphatic carbocycles. The van der Waals surface area contributed by atoms with Crippen molar-refractivity contribution in [3.8, 4) is 50.7 Å². The van der Waals surface area contributed by atoms with Gasteiger partial charge in [-0.1, -0.05) is 35.3 Å². The molecule has 0 unspecified atom stereocenters. The first kappa shape index (κ1) is 56.7. The lowest BCUT2D eigenvalue weighted by Crippen LogP contribution is -2.49. The minimum absolute atomic E-state index is 0.00873. The van der Waals surface area contributed by atoms with E-state index >= 15 is 0 Å². The Kier molecular flexibility index (Phi) is 18.0. The van der Waals surface area contributed by atoms with Crippen molar-refractivity contribution in [3.63, 3.8) is 0 Å². The Labute approximate surface area is 472 Å². The number of esters is 1. The van der Waals surface area contributed by atoms with E-state index in [1.54, 1.807) is 64.4 Å². The number of fused-ring (bicyclic) bond motifs is 8. The first-order valence-corrected chi connectivity index (χ1v) is 28.0. The molecule has 422 valence electrons. The number of carbonyl (C=O) groups excluding carboxylic acids is 1. The summed E-state index contributed by atoms with van der Waals surface area (Å²) in [5, 5.41) is 1.11. The maximum absolute atomic E-state index is 14.6. The number of thiophene rings is 1. The third kappa shape index (κ3) is 13.3. The van der Waals surface area contributed by atoms with E-state index in [1.165, 1.54) is 29.8 Å². The number of piperazine rings is 1. The highest BCUT2D eigenvalue weighted by atomic mass is 35.5. The maximum atomic E-state index is 14.6. The first-order chi connectivity index (χ1) is 38.1. The second kappa shape index (κ2) is 25.1. The van der Waals surface area contributed by atoms with Crippen molar-refractivity contribution >= 4 is 50.7 Å². The lowest BCUT2D eigenvalue weighted by atomic mass is 9.92. The number of hydrogen-bond donors (Lipinski definition) is 0. The molecule has 3 fully saturated rings. The Hall–Kier alpha value is -5.52. The molecule has 0 N–H and O–H groups in total. The van der Waals surface area contributed by atoms with Crippen LogP contribution in [-0.4, -0.2) is 171 Å². The van der Waals surface area contributed by atoms with Gasteiger partial charge >= 0.3 is 12.0 Å². The molecule has 5 aliphatic rings. The monoisotopic (exact) mass is 1150 g/mol. The molecule has 6 atom stereocenters. The summed E-state index contributed by atoms with van der Waals surface area (Å²) in [5.41, 5.74) is 3.56. The van der Waals surface area contributed by atoms with Crippen LogP contribution in [0.5, 0.6) is 29.1 Å². The van der Waals surface area contributed by atoms with Crippen molar-refractivity contribution in [2.45, 2.75) is 89.9 Å². The van der Waals surface area contributed by atoms with Crippen LogP contribution in [0, 0.1) is 19.7 Å². The van der Waals surface area contributed by atoms with Crippen LogP contribution in [0.1, 0.15) is 43.2 Å². The second-order valence-corrected chi connectivity index (χ2v) is 22.6. The van der Waals surface area contributed by atoms with Crippen molar-refractivity contribution in [1.82, 2.24) is 29.7 Å². The standard InChI is InChI=1S/C57H65Cl2FN6O12S/c1-32-44-33(2)48(59)51(47(32)58)76-39(26-66-18-16-65(6)17-19-66)28-72-38-12-13-40(73-27-37-14-15-61-56(64-37)71-23-21-69-20-22-70-43-30-75-49-42(68-7)29-74-50(43)49)35(24-38)25-41(55(67)78-57(3,4)5)77-53-46-45(44)52(79-54(46)63-31-62-53)34-8-10-36(60)11-9-34/h8-15,24,31,39,41-43,49-50H,16-23,25-30H2,1-7H3/t39-,41-,42-,43-,49-,50-/m1/s1. The van der Waals surface area contributed by atoms with Crippen LogP contribution in [0.3, 0.4) is 0 Å². The molecule has 0 saturated carbocycles. The molecule has 0 amide bonds. The van der Waals surface area contributed by atoms with Gasteiger partial charge in [-0.05, 0) is 100 Å². The van der Waals surface area contributed by atoms with Gasteiger partial charge in [0.2, 0.25) is 12.0 Å². The van der Waals surface area contributed by atoms with E-state index in [1.807, 2.05) is 19.9 Å². The van der Waals surface area contributed by atoms with E-state index in [4.69, 9.17) is 85.3 Å². The molecule has 18 nitrogen and oxygen atoms in total. The number of aromatic nitrogens is 4. The molecule has 3 aromatic heterocycles. The molecule has 6 aromatic rings. The highest BCUT2D eigenvalue weighted by molar-refractivity contribution is 7.22. The van der Waals surface area contributed by atoms with Crippen LogP contribution in [0.4, 0.5) is 4.39 Å². The number of methoxy groups -OCH3 is 1. The summed E-state index contributed by atoms with van der Waals surface area (Å²) in [7, 11) is 3.76. The fraction of sp³-hybridized carbons (Fsp3) is 0.491. The number of likely N-dealkylation sites (N-methyl/N-ethyl adjacent to an activating group) is 1. The zero-order chi connectivity index (χ0) is 55.4. The molecule has 4 bridgehead atoms. The van der Waals surface area contributed by atoms with E-state index in [-0.39, 0.29) is 69.2 Å². The fourth-order valence-electron chi connectivity index (χ4n) is 10.1. The minimum atomic E-state index is -1.29. The number of nitrogens with zero attached hydrogens (tertiary/aromatic N) is 6. The average Bonchev–Trinajstić information content (AvgIpc) is 4.36. The molecule has 3 aromatic carbocycles. The third-order valence-corrected chi connectivity index (χ3v) is 16.2. The summed E-state index contributed by atoms with van der Waals surface area (Å²) in [6, 6.07) is 13.5. The van der Waals surface area contributed by atoms with Crippen LogP contribution in [0.25, 0.3) is 31.8 Å². The largest absolute Gasteiger partial charge is 0.490 e. The van der Waals surface area contributed by atoms with E-state index in [0.29, 0.717) is 110 Å². The summed E-state index contributed by atoms with van der Waals surface area (Å²) in [6.07, 6.45) is 0.550. The van der Waals surface area contributed by atoms with Crippen LogP contribution >= 0.6 is 34.5 Å². The van der Waals surface area contributed by atoms with Gasteiger partial charge in [-0.3, -0.25) is 4.90 Å². The zero-order valence-electron chi connectivity index (χ0n) is 45.3. The predicted octanol–water partition coefficient (Wildman–Crippen LogP) is 8.77. The maximum Gasteiger partial charge on any atom is 0.348 e. The van der Waals surface area contributed by atoms with E-state index < -0.39 is 29.6 Å². The van der Waals surface area contributed by atoms with Crippen molar-refractivity contribution < 1.29 is 61.3 Å². The summed E-state index contributed by atoms with van der Waals surface area (Å²) in [6.45, 7) is 15.4. The van der Waals surface area contributed by atoms with E-state index in [2.05, 4.69) is 26.8 Å². The van der Waals surface area contributed by atoms with Gasteiger partial charge in [-0.2, -0.15) is 4.98 Å². The molecular formula is C57H65Cl2FN6O12S. The van der Waals surface area contributed by atoms with Crippen molar-refractivity contribution in [3.05, 3.63) is 99.3 Å². The number of benzene rings is 3. The van der Waals surface area contributed by atoms with Gasteiger partial charge < -0.3 is 57.0 Å². The van der Waals surface area contributed by atoms with Crippen LogP contribution in [0.15, 0.2) is 61.1 Å². The van der Waals surface area contributed by atoms with Crippen LogP contribution in [0.2, 0.25) is 10.0 Å². The lowest BCUT2D eigenvalue weighted by molar-refractivity contribution is -0.163. The molecule has 8 heterocycles. The van der Waals surface area contributed by atoms with E-state index in [0.717, 1.165) is 31.1 Å². The SMILES string of the molecule is CO[C@@H]1CO[C@H]2[C@@H]1OC[C@H]2OCCOCCOc1nccc(COc2ccc3cc2C[C@H](C(=O)OC(C)(C)C)Oc2ncnc4sc(-c5ccc(F)cc5)c(c24)-c2c(C)c(Cl)c(c(Cl)c2C)O[C@H](CN2CCN(C)CC2)CO3)n1. The second-order valence-electron chi connectivity index (χ2n) is 20.9. The van der Waals surface area contributed by atoms with Gasteiger partial charge in [-0.25, -0.2) is 24.1 Å². The molecule has 22 heteroatoms. The average molecular weight is 1150 g/mol. The normalized spacial score (nSPS) is 21.7. The van der Waals surface area contributed by atoms with Crippen LogP contribution < -0.4 is 23.7 Å². The zero-order valence-corrected chi connectivity index (χ0v) is 47.6. The topological polar surface area (TPSA) is 177 Å². The Morgan fingerprint density at radius 2 is 1.58 bits per heavy atom. The van der Waals surface area contributed by atoms with Crippen molar-refractivity contribution in [2.75, 3.05) is 93.1 Å². The lowest BCUT2D eigenvalue weighted by Gasteiger charge is -2.35. The Morgan fingerprint density at radius 1 is 0.848 bits per heavy atom. The molecule has 3 saturated heterocycles. The van der Waals surface area contributed by atoms with Crippen molar-refractivity contribution in [1.29, 1.82) is 0 Å². The summed E-state index contributed by atoms with van der Waals surface area (Å²) in [5.74, 6) is 0.280. The van der Waals surface area contributed by atoms with Gasteiger partial charge in [0.25, 0.3) is 0 Å². The van der Waals surface area contributed by atoms with Gasteiger partial charge in [0.1, 0.15) is 84.4 Å². The molecule has 0 spiro atoms. The summed E-state index contributed by atoms with van der Waals surface area (Å²) >= 11 is 16.2. The number of halogens is 3. The third-order valence-electron chi connectivity index (χ3n) is 14.1. The Balaban J connectivity index is 0.946. The Morgan fingerprint density at radius 3 is 2.33 bits per heavy atom. The van der Waals surface area contributed by atoms with Gasteiger partial charge in [0, 0.05) is 68.5 Å². The fourth-order valence-corrected chi connectivity index (χ4v) is 11.7. The minimum Gasteiger partial charge on any atom is -0.490 e. The quantitative estimate of drug-likeness (QED) is 0.0663. The van der Waals surface area contributed by atoms with Gasteiger partial charge in [0.05, 0.1) is 54.2 Å². The van der Waals surface area contributed by atoms with Gasteiger partial charge in [-0.15, -0.1) is 11.3 Å². The number of carbonyl (C=O) groups is 1. The number of hydrogen-bond acceptors (Lipinski definition) is 19. The summed E-state index contributed by atoms with van der Waals surface area (Å²) < 4.78 is 82.3. The smallest absolute Gasteiger partial charge is 0.348 e. The van der Waals surface area contributed by atoms with Gasteiger partial charge in [0.15, 0.2) is 5.75 Å². The molecular weight excluding hydrogens is 1080 g/mol. The van der Waals surface area contributed by atoms with Crippen LogP contribution in [-0.2, 0) is 46.2 Å². The summed E-state index contributed by atoms with van der Waals surface area (Å²) in [4.78, 5) is 38.8. The molecule has 5 aliphatic heterocycles. The number of ether oxygens (including phenoxy) is 11. The first-order valence-electron chi connectivity index (χ1n) is 26.4. The molecule has 0 radical (unpaired) electrons. The molecule has 11 rings (SSSR count). The van der Waals surface area contributed by atoms with Crippen molar-refractivity contribution in [2.24, 2.45) is 0 Å². The van der Waals surface area contributed by atoms with E-state index in [9.17, 15) is 9.18 Å². The highest BCUT2D eigenvalue weighted by Gasteiger charge is 2.48.